The fourth-order valence-corrected chi connectivity index (χ4v) is 1.28. The average Bonchev–Trinajstić information content (AvgIpc) is 2.37. The van der Waals surface area contributed by atoms with Gasteiger partial charge in [0.1, 0.15) is 27.5 Å². The maximum Gasteiger partial charge on any atom is 0.321 e. The molecule has 0 aliphatic heterocycles. The molecule has 140 valence electrons. The molecule has 0 atom stereocenters. The van der Waals surface area contributed by atoms with E-state index >= 15 is 0 Å². The smallest absolute Gasteiger partial charge is 0.321 e. The molecule has 0 N–H and O–H groups in total. The van der Waals surface area contributed by atoms with Gasteiger partial charge in [-0.25, -0.2) is 0 Å². The van der Waals surface area contributed by atoms with E-state index in [4.69, 9.17) is 14.2 Å². The summed E-state index contributed by atoms with van der Waals surface area (Å²) in [5.74, 6) is -1.80. The van der Waals surface area contributed by atoms with Gasteiger partial charge in [0.25, 0.3) is 0 Å². The summed E-state index contributed by atoms with van der Waals surface area (Å²) in [5, 5.41) is 0. The van der Waals surface area contributed by atoms with E-state index in [1.807, 2.05) is 0 Å². The van der Waals surface area contributed by atoms with E-state index < -0.39 is 38.3 Å². The Morgan fingerprint density at radius 1 is 0.708 bits per heavy atom. The van der Waals surface area contributed by atoms with Gasteiger partial charge < -0.3 is 14.2 Å². The Morgan fingerprint density at radius 2 is 1.00 bits per heavy atom. The lowest BCUT2D eigenvalue weighted by molar-refractivity contribution is -0.168. The lowest BCUT2D eigenvalue weighted by Gasteiger charge is -2.25. The van der Waals surface area contributed by atoms with Crippen LogP contribution in [0.3, 0.4) is 0 Å². The first-order chi connectivity index (χ1) is 10.5. The molecule has 6 nitrogen and oxygen atoms in total. The second-order valence-electron chi connectivity index (χ2n) is 6.90. The summed E-state index contributed by atoms with van der Waals surface area (Å²) in [7, 11) is 0. The maximum atomic E-state index is 11.9. The molecule has 0 unspecified atom stereocenters. The third kappa shape index (κ3) is 9.08. The van der Waals surface area contributed by atoms with Crippen molar-refractivity contribution in [3.05, 3.63) is 0 Å². The Kier molecular flexibility index (Phi) is 8.51. The topological polar surface area (TPSA) is 78.9 Å². The van der Waals surface area contributed by atoms with Crippen molar-refractivity contribution in [3.63, 3.8) is 0 Å². The van der Waals surface area contributed by atoms with E-state index in [-0.39, 0.29) is 13.2 Å². The van der Waals surface area contributed by atoms with Crippen LogP contribution in [-0.4, -0.2) is 51.5 Å². The van der Waals surface area contributed by atoms with Crippen molar-refractivity contribution in [2.24, 2.45) is 0 Å². The second-order valence-corrected chi connectivity index (χ2v) is 10.3. The SMILES string of the molecule is CC(C)(S)C(=O)OCC(COC(=O)C(C)(C)S)OC(=O)C(C)(C)S. The highest BCUT2D eigenvalue weighted by molar-refractivity contribution is 7.83. The van der Waals surface area contributed by atoms with E-state index in [0.717, 1.165) is 0 Å². The summed E-state index contributed by atoms with van der Waals surface area (Å²) in [6.45, 7) is 8.86. The normalized spacial score (nSPS) is 12.8. The zero-order valence-electron chi connectivity index (χ0n) is 14.8. The van der Waals surface area contributed by atoms with Crippen LogP contribution in [0.4, 0.5) is 0 Å². The first-order valence-corrected chi connectivity index (χ1v) is 8.62. The summed E-state index contributed by atoms with van der Waals surface area (Å²) >= 11 is 12.3. The minimum absolute atomic E-state index is 0.265. The zero-order chi connectivity index (χ0) is 19.3. The van der Waals surface area contributed by atoms with Crippen molar-refractivity contribution < 1.29 is 28.6 Å². The molecule has 0 rings (SSSR count). The van der Waals surface area contributed by atoms with Gasteiger partial charge in [-0.2, -0.15) is 37.9 Å². The maximum absolute atomic E-state index is 11.9. The van der Waals surface area contributed by atoms with Crippen LogP contribution in [0.25, 0.3) is 0 Å². The molecule has 0 fully saturated rings. The molecule has 0 aromatic carbocycles. The van der Waals surface area contributed by atoms with Crippen molar-refractivity contribution >= 4 is 55.8 Å². The molecule has 0 amide bonds. The molecule has 0 aromatic rings. The molecule has 0 radical (unpaired) electrons. The lowest BCUT2D eigenvalue weighted by Crippen LogP contribution is -2.39. The third-order valence-corrected chi connectivity index (χ3v) is 3.12. The van der Waals surface area contributed by atoms with Gasteiger partial charge in [-0.1, -0.05) is 0 Å². The van der Waals surface area contributed by atoms with Crippen LogP contribution < -0.4 is 0 Å². The predicted molar refractivity (Wildman–Crippen MR) is 101 cm³/mol. The van der Waals surface area contributed by atoms with Crippen LogP contribution in [0.1, 0.15) is 41.5 Å². The van der Waals surface area contributed by atoms with Gasteiger partial charge >= 0.3 is 17.9 Å². The summed E-state index contributed by atoms with van der Waals surface area (Å²) in [4.78, 5) is 35.5. The van der Waals surface area contributed by atoms with Gasteiger partial charge in [-0.05, 0) is 41.5 Å². The van der Waals surface area contributed by atoms with Crippen LogP contribution in [0.15, 0.2) is 0 Å². The summed E-state index contributed by atoms with van der Waals surface area (Å²) in [5.41, 5.74) is 0. The molecule has 0 aliphatic rings. The number of hydrogen-bond acceptors (Lipinski definition) is 9. The molecule has 0 bridgehead atoms. The van der Waals surface area contributed by atoms with Crippen molar-refractivity contribution in [2.45, 2.75) is 61.9 Å². The van der Waals surface area contributed by atoms with Crippen LogP contribution in [0, 0.1) is 0 Å². The second kappa shape index (κ2) is 8.71. The number of hydrogen-bond donors (Lipinski definition) is 3. The zero-order valence-corrected chi connectivity index (χ0v) is 17.5. The highest BCUT2D eigenvalue weighted by Crippen LogP contribution is 2.18. The third-order valence-electron chi connectivity index (χ3n) is 2.57. The van der Waals surface area contributed by atoms with Crippen molar-refractivity contribution in [1.82, 2.24) is 0 Å². The molecule has 0 saturated heterocycles. The van der Waals surface area contributed by atoms with Crippen molar-refractivity contribution in [3.8, 4) is 0 Å². The predicted octanol–water partition coefficient (Wildman–Crippen LogP) is 2.11. The summed E-state index contributed by atoms with van der Waals surface area (Å²) in [6.07, 6.45) is -0.955. The lowest BCUT2D eigenvalue weighted by atomic mass is 10.2. The van der Waals surface area contributed by atoms with E-state index in [0.29, 0.717) is 0 Å². The van der Waals surface area contributed by atoms with E-state index in [2.05, 4.69) is 37.9 Å². The summed E-state index contributed by atoms with van der Waals surface area (Å²) in [6, 6.07) is 0. The molecule has 9 heteroatoms. The Morgan fingerprint density at radius 3 is 1.25 bits per heavy atom. The molecular weight excluding hydrogens is 372 g/mol. The van der Waals surface area contributed by atoms with Gasteiger partial charge in [-0.15, -0.1) is 0 Å². The highest BCUT2D eigenvalue weighted by atomic mass is 32.1. The molecule has 0 spiro atoms. The van der Waals surface area contributed by atoms with Gasteiger partial charge in [0.05, 0.1) is 0 Å². The average molecular weight is 399 g/mol. The van der Waals surface area contributed by atoms with Crippen molar-refractivity contribution in [1.29, 1.82) is 0 Å². The largest absolute Gasteiger partial charge is 0.461 e. The Balaban J connectivity index is 4.87. The van der Waals surface area contributed by atoms with Crippen LogP contribution in [-0.2, 0) is 28.6 Å². The number of ether oxygens (including phenoxy) is 3. The Bertz CT molecular complexity index is 441. The number of carbonyl (C=O) groups excluding carboxylic acids is 3. The molecule has 0 heterocycles. The van der Waals surface area contributed by atoms with Crippen LogP contribution in [0.2, 0.25) is 0 Å². The fraction of sp³-hybridized carbons (Fsp3) is 0.800. The molecule has 0 saturated carbocycles. The highest BCUT2D eigenvalue weighted by Gasteiger charge is 2.32. The standard InChI is InChI=1S/C15H26O6S3/c1-13(2,22)10(16)19-7-9(21-12(18)15(5,6)24)8-20-11(17)14(3,4)23/h9,22-24H,7-8H2,1-6H3. The summed E-state index contributed by atoms with van der Waals surface area (Å²) < 4.78 is 12.3. The molecule has 24 heavy (non-hydrogen) atoms. The quantitative estimate of drug-likeness (QED) is 0.330. The molecule has 0 aromatic heterocycles. The molecular formula is C15H26O6S3. The monoisotopic (exact) mass is 398 g/mol. The minimum atomic E-state index is -1.04. The van der Waals surface area contributed by atoms with Gasteiger partial charge in [0.2, 0.25) is 0 Å². The van der Waals surface area contributed by atoms with E-state index in [9.17, 15) is 14.4 Å². The number of esters is 3. The van der Waals surface area contributed by atoms with E-state index in [1.54, 1.807) is 41.5 Å². The van der Waals surface area contributed by atoms with Crippen LogP contribution in [0.5, 0.6) is 0 Å². The van der Waals surface area contributed by atoms with E-state index in [1.165, 1.54) is 0 Å². The molecule has 0 aliphatic carbocycles. The first-order valence-electron chi connectivity index (χ1n) is 7.28. The van der Waals surface area contributed by atoms with Gasteiger partial charge in [-0.3, -0.25) is 14.4 Å². The number of rotatable bonds is 8. The Hall–Kier alpha value is -0.540. The van der Waals surface area contributed by atoms with Gasteiger partial charge in [0, 0.05) is 0 Å². The van der Waals surface area contributed by atoms with Gasteiger partial charge in [0.15, 0.2) is 6.10 Å². The van der Waals surface area contributed by atoms with Crippen LogP contribution >= 0.6 is 37.9 Å². The Labute approximate surface area is 159 Å². The fourth-order valence-electron chi connectivity index (χ4n) is 1.10. The number of carbonyl (C=O) groups is 3. The first kappa shape index (κ1) is 23.5. The minimum Gasteiger partial charge on any atom is -0.461 e. The number of thiol groups is 3. The van der Waals surface area contributed by atoms with Crippen molar-refractivity contribution in [2.75, 3.05) is 13.2 Å².